The molecule has 0 spiro atoms. The number of hydrogen-bond donors (Lipinski definition) is 1. The molecule has 1 unspecified atom stereocenters. The zero-order valence-corrected chi connectivity index (χ0v) is 18.9. The molecule has 3 aromatic heterocycles. The summed E-state index contributed by atoms with van der Waals surface area (Å²) in [5, 5.41) is 5.53. The Bertz CT molecular complexity index is 1320. The van der Waals surface area contributed by atoms with Crippen molar-refractivity contribution in [2.75, 3.05) is 30.3 Å². The quantitative estimate of drug-likeness (QED) is 0.473. The fourth-order valence-electron chi connectivity index (χ4n) is 4.23. The number of pyridine rings is 1. The summed E-state index contributed by atoms with van der Waals surface area (Å²) in [6.07, 6.45) is 3.61. The molecule has 8 nitrogen and oxygen atoms in total. The molecule has 1 aromatic carbocycles. The Labute approximate surface area is 187 Å². The van der Waals surface area contributed by atoms with Crippen molar-refractivity contribution in [3.05, 3.63) is 47.2 Å². The second kappa shape index (κ2) is 7.49. The lowest BCUT2D eigenvalue weighted by atomic mass is 10.1. The van der Waals surface area contributed by atoms with Gasteiger partial charge in [-0.1, -0.05) is 18.2 Å². The van der Waals surface area contributed by atoms with Crippen LogP contribution in [0.5, 0.6) is 0 Å². The van der Waals surface area contributed by atoms with E-state index in [1.54, 1.807) is 17.6 Å². The Hall–Kier alpha value is -3.20. The molecule has 1 saturated heterocycles. The van der Waals surface area contributed by atoms with Crippen LogP contribution in [0.3, 0.4) is 0 Å². The van der Waals surface area contributed by atoms with Crippen LogP contribution in [-0.4, -0.2) is 56.1 Å². The summed E-state index contributed by atoms with van der Waals surface area (Å²) >= 11 is 3.62. The minimum atomic E-state index is 0.0893. The molecular weight excluding hydrogens is 458 g/mol. The Morgan fingerprint density at radius 3 is 2.81 bits per heavy atom. The van der Waals surface area contributed by atoms with E-state index in [1.165, 1.54) is 0 Å². The average Bonchev–Trinajstić information content (AvgIpc) is 3.19. The number of benzene rings is 1. The van der Waals surface area contributed by atoms with Gasteiger partial charge in [0.1, 0.15) is 16.1 Å². The lowest BCUT2D eigenvalue weighted by molar-refractivity contribution is -0.131. The van der Waals surface area contributed by atoms with Gasteiger partial charge in [-0.3, -0.25) is 9.78 Å². The Kier molecular flexibility index (Phi) is 4.77. The van der Waals surface area contributed by atoms with Crippen molar-refractivity contribution in [3.63, 3.8) is 0 Å². The fraction of sp³-hybridized carbons (Fsp3) is 0.273. The van der Waals surface area contributed by atoms with Crippen molar-refractivity contribution in [1.29, 1.82) is 0 Å². The van der Waals surface area contributed by atoms with Crippen molar-refractivity contribution in [1.82, 2.24) is 24.5 Å². The van der Waals surface area contributed by atoms with Gasteiger partial charge in [0.15, 0.2) is 5.65 Å². The summed E-state index contributed by atoms with van der Waals surface area (Å²) in [6.45, 7) is 5.68. The van der Waals surface area contributed by atoms with Crippen molar-refractivity contribution in [2.24, 2.45) is 0 Å². The van der Waals surface area contributed by atoms with Crippen molar-refractivity contribution in [2.45, 2.75) is 19.9 Å². The van der Waals surface area contributed by atoms with Crippen LogP contribution in [0.2, 0.25) is 0 Å². The Balaban J connectivity index is 1.60. The third kappa shape index (κ3) is 3.29. The van der Waals surface area contributed by atoms with E-state index in [-0.39, 0.29) is 11.9 Å². The number of para-hydroxylation sites is 1. The van der Waals surface area contributed by atoms with Crippen molar-refractivity contribution in [3.8, 4) is 11.1 Å². The van der Waals surface area contributed by atoms with Crippen LogP contribution in [-0.2, 0) is 4.79 Å². The first kappa shape index (κ1) is 19.7. The molecule has 1 aliphatic heterocycles. The third-order valence-electron chi connectivity index (χ3n) is 5.84. The molecule has 5 rings (SSSR count). The maximum absolute atomic E-state index is 11.9. The molecule has 4 heterocycles. The number of halogens is 1. The summed E-state index contributed by atoms with van der Waals surface area (Å²) in [4.78, 5) is 25.4. The van der Waals surface area contributed by atoms with Gasteiger partial charge in [-0.2, -0.15) is 9.61 Å². The predicted octanol–water partition coefficient (Wildman–Crippen LogP) is 3.35. The number of amides is 1. The van der Waals surface area contributed by atoms with E-state index >= 15 is 0 Å². The summed E-state index contributed by atoms with van der Waals surface area (Å²) in [5.41, 5.74) is 9.84. The van der Waals surface area contributed by atoms with Crippen LogP contribution in [0.1, 0.15) is 13.8 Å². The highest BCUT2D eigenvalue weighted by Gasteiger charge is 2.28. The maximum atomic E-state index is 11.9. The van der Waals surface area contributed by atoms with Gasteiger partial charge in [0.2, 0.25) is 5.91 Å². The van der Waals surface area contributed by atoms with Gasteiger partial charge in [-0.05, 0) is 35.0 Å². The Morgan fingerprint density at radius 1 is 1.23 bits per heavy atom. The molecule has 0 aliphatic carbocycles. The van der Waals surface area contributed by atoms with Gasteiger partial charge in [0.05, 0.1) is 11.7 Å². The minimum absolute atomic E-state index is 0.0893. The normalized spacial score (nSPS) is 16.9. The van der Waals surface area contributed by atoms with Gasteiger partial charge in [-0.25, -0.2) is 4.98 Å². The molecule has 1 amide bonds. The first-order valence-corrected chi connectivity index (χ1v) is 10.9. The number of carbonyl (C=O) groups excluding carboxylic acids is 1. The van der Waals surface area contributed by atoms with Gasteiger partial charge >= 0.3 is 0 Å². The standard InChI is InChI=1S/C22H22BrN7O/c1-13-12-28(7-8-29(13)14(2)31)22-19(23)20(24)30-21(27-22)17(11-26-30)16-9-15-5-3-4-6-18(15)25-10-16/h3-6,9-11,13H,7-8,12,24H2,1-2H3. The van der Waals surface area contributed by atoms with E-state index < -0.39 is 0 Å². The largest absolute Gasteiger partial charge is 0.383 e. The van der Waals surface area contributed by atoms with E-state index in [1.807, 2.05) is 42.3 Å². The van der Waals surface area contributed by atoms with Gasteiger partial charge in [0.25, 0.3) is 0 Å². The molecule has 4 aromatic rings. The zero-order valence-electron chi connectivity index (χ0n) is 17.3. The van der Waals surface area contributed by atoms with E-state index in [0.717, 1.165) is 27.8 Å². The second-order valence-electron chi connectivity index (χ2n) is 7.85. The predicted molar refractivity (Wildman–Crippen MR) is 125 cm³/mol. The van der Waals surface area contributed by atoms with E-state index in [0.29, 0.717) is 35.6 Å². The first-order valence-electron chi connectivity index (χ1n) is 10.1. The van der Waals surface area contributed by atoms with Gasteiger partial charge in [0, 0.05) is 55.3 Å². The molecule has 158 valence electrons. The number of carbonyl (C=O) groups is 1. The number of aromatic nitrogens is 4. The summed E-state index contributed by atoms with van der Waals surface area (Å²) in [6, 6.07) is 10.2. The van der Waals surface area contributed by atoms with Crippen molar-refractivity contribution >= 4 is 50.0 Å². The molecule has 0 saturated carbocycles. The van der Waals surface area contributed by atoms with E-state index in [4.69, 9.17) is 10.7 Å². The van der Waals surface area contributed by atoms with Crippen LogP contribution in [0.4, 0.5) is 11.6 Å². The van der Waals surface area contributed by atoms with Crippen LogP contribution in [0.25, 0.3) is 27.7 Å². The monoisotopic (exact) mass is 479 g/mol. The number of fused-ring (bicyclic) bond motifs is 2. The van der Waals surface area contributed by atoms with Gasteiger partial charge in [-0.15, -0.1) is 0 Å². The molecule has 0 bridgehead atoms. The molecule has 1 fully saturated rings. The highest BCUT2D eigenvalue weighted by atomic mass is 79.9. The number of nitrogens with zero attached hydrogens (tertiary/aromatic N) is 6. The lowest BCUT2D eigenvalue weighted by Crippen LogP contribution is -2.53. The zero-order chi connectivity index (χ0) is 21.7. The van der Waals surface area contributed by atoms with E-state index in [2.05, 4.69) is 37.0 Å². The van der Waals surface area contributed by atoms with E-state index in [9.17, 15) is 4.79 Å². The third-order valence-corrected chi connectivity index (χ3v) is 6.60. The highest BCUT2D eigenvalue weighted by molar-refractivity contribution is 9.10. The number of hydrogen-bond acceptors (Lipinski definition) is 6. The van der Waals surface area contributed by atoms with Crippen LogP contribution in [0, 0.1) is 0 Å². The Morgan fingerprint density at radius 2 is 2.03 bits per heavy atom. The maximum Gasteiger partial charge on any atom is 0.219 e. The summed E-state index contributed by atoms with van der Waals surface area (Å²) in [7, 11) is 0. The van der Waals surface area contributed by atoms with Gasteiger partial charge < -0.3 is 15.5 Å². The molecule has 0 radical (unpaired) electrons. The van der Waals surface area contributed by atoms with Crippen molar-refractivity contribution < 1.29 is 4.79 Å². The lowest BCUT2D eigenvalue weighted by Gasteiger charge is -2.40. The number of rotatable bonds is 2. The molecule has 9 heteroatoms. The molecular formula is C22H22BrN7O. The van der Waals surface area contributed by atoms with Crippen LogP contribution in [0.15, 0.2) is 47.2 Å². The summed E-state index contributed by atoms with van der Waals surface area (Å²) in [5.74, 6) is 1.34. The smallest absolute Gasteiger partial charge is 0.219 e. The van der Waals surface area contributed by atoms with Crippen LogP contribution < -0.4 is 10.6 Å². The fourth-order valence-corrected chi connectivity index (χ4v) is 4.74. The summed E-state index contributed by atoms with van der Waals surface area (Å²) < 4.78 is 2.35. The second-order valence-corrected chi connectivity index (χ2v) is 8.65. The highest BCUT2D eigenvalue weighted by Crippen LogP contribution is 2.35. The number of anilines is 2. The average molecular weight is 480 g/mol. The topological polar surface area (TPSA) is 92.7 Å². The number of piperazine rings is 1. The SMILES string of the molecule is CC(=O)N1CCN(c2nc3c(-c4cnc5ccccc5c4)cnn3c(N)c2Br)CC1C. The minimum Gasteiger partial charge on any atom is -0.383 e. The molecule has 31 heavy (non-hydrogen) atoms. The number of nitrogen functional groups attached to an aromatic ring is 1. The molecule has 2 N–H and O–H groups in total. The number of nitrogens with two attached hydrogens (primary N) is 1. The van der Waals surface area contributed by atoms with Crippen LogP contribution >= 0.6 is 15.9 Å². The first-order chi connectivity index (χ1) is 14.9. The molecule has 1 atom stereocenters. The molecule has 1 aliphatic rings.